The van der Waals surface area contributed by atoms with Crippen molar-refractivity contribution in [2.75, 3.05) is 0 Å². The number of rotatable bonds is 5. The van der Waals surface area contributed by atoms with Gasteiger partial charge in [-0.3, -0.25) is 9.36 Å². The molecule has 0 fully saturated rings. The van der Waals surface area contributed by atoms with Gasteiger partial charge in [-0.05, 0) is 18.6 Å². The third-order valence-electron chi connectivity index (χ3n) is 3.59. The van der Waals surface area contributed by atoms with Crippen LogP contribution in [0.1, 0.15) is 32.0 Å². The van der Waals surface area contributed by atoms with Crippen molar-refractivity contribution >= 4 is 10.9 Å². The molecule has 0 aliphatic carbocycles. The Morgan fingerprint density at radius 2 is 2.10 bits per heavy atom. The van der Waals surface area contributed by atoms with Crippen LogP contribution in [0.4, 0.5) is 0 Å². The topological polar surface area (TPSA) is 63.6 Å². The molecule has 21 heavy (non-hydrogen) atoms. The molecule has 3 rings (SSSR count). The van der Waals surface area contributed by atoms with Gasteiger partial charge in [0.15, 0.2) is 0 Å². The molecule has 5 heteroatoms. The Morgan fingerprint density at radius 3 is 2.86 bits per heavy atom. The van der Waals surface area contributed by atoms with Gasteiger partial charge in [-0.2, -0.15) is 4.98 Å². The molecule has 0 radical (unpaired) electrons. The lowest BCUT2D eigenvalue weighted by molar-refractivity contribution is 0.678. The number of nitrogens with one attached hydrogen (secondary N) is 1. The predicted octanol–water partition coefficient (Wildman–Crippen LogP) is 2.84. The summed E-state index contributed by atoms with van der Waals surface area (Å²) in [6, 6.07) is 7.56. The number of benzene rings is 1. The number of H-pyrrole nitrogens is 1. The quantitative estimate of drug-likeness (QED) is 0.732. The first kappa shape index (κ1) is 13.5. The Balaban J connectivity index is 2.21. The summed E-state index contributed by atoms with van der Waals surface area (Å²) < 4.78 is 2.00. The van der Waals surface area contributed by atoms with Gasteiger partial charge in [0.2, 0.25) is 0 Å². The molecule has 1 N–H and O–H groups in total. The van der Waals surface area contributed by atoms with Crippen molar-refractivity contribution in [1.82, 2.24) is 19.5 Å². The normalized spacial score (nSPS) is 11.1. The van der Waals surface area contributed by atoms with E-state index in [9.17, 15) is 4.79 Å². The van der Waals surface area contributed by atoms with Crippen LogP contribution in [-0.2, 0) is 6.42 Å². The summed E-state index contributed by atoms with van der Waals surface area (Å²) in [4.78, 5) is 23.7. The van der Waals surface area contributed by atoms with Crippen LogP contribution in [0.5, 0.6) is 0 Å². The van der Waals surface area contributed by atoms with E-state index in [0.29, 0.717) is 5.39 Å². The highest BCUT2D eigenvalue weighted by atomic mass is 16.1. The summed E-state index contributed by atoms with van der Waals surface area (Å²) in [5.41, 5.74) is 0.709. The maximum Gasteiger partial charge on any atom is 0.280 e. The van der Waals surface area contributed by atoms with Crippen LogP contribution in [0.15, 0.2) is 41.6 Å². The fourth-order valence-electron chi connectivity index (χ4n) is 2.56. The van der Waals surface area contributed by atoms with E-state index < -0.39 is 0 Å². The fourth-order valence-corrected chi connectivity index (χ4v) is 2.56. The van der Waals surface area contributed by atoms with Gasteiger partial charge in [0, 0.05) is 6.42 Å². The van der Waals surface area contributed by atoms with Crippen LogP contribution in [0.3, 0.4) is 0 Å². The number of aryl methyl sites for hydroxylation is 1. The number of hydrogen-bond donors (Lipinski definition) is 1. The van der Waals surface area contributed by atoms with E-state index in [0.717, 1.165) is 42.8 Å². The summed E-state index contributed by atoms with van der Waals surface area (Å²) in [7, 11) is 0. The maximum absolute atomic E-state index is 12.2. The smallest absolute Gasteiger partial charge is 0.280 e. The zero-order valence-corrected chi connectivity index (χ0v) is 12.0. The average Bonchev–Trinajstić information content (AvgIpc) is 3.02. The molecule has 0 saturated carbocycles. The number of aromatic nitrogens is 4. The van der Waals surface area contributed by atoms with Gasteiger partial charge in [-0.15, -0.1) is 0 Å². The molecule has 0 aliphatic rings. The molecule has 108 valence electrons. The minimum absolute atomic E-state index is 0.159. The number of nitrogens with zero attached hydrogens (tertiary/aromatic N) is 3. The number of imidazole rings is 1. The molecular formula is C16H18N4O. The summed E-state index contributed by atoms with van der Waals surface area (Å²) >= 11 is 0. The second-order valence-corrected chi connectivity index (χ2v) is 5.08. The first-order valence-electron chi connectivity index (χ1n) is 7.30. The van der Waals surface area contributed by atoms with Crippen LogP contribution < -0.4 is 5.56 Å². The lowest BCUT2D eigenvalue weighted by Crippen LogP contribution is -2.18. The van der Waals surface area contributed by atoms with Crippen molar-refractivity contribution < 1.29 is 0 Å². The van der Waals surface area contributed by atoms with Gasteiger partial charge >= 0.3 is 0 Å². The van der Waals surface area contributed by atoms with Crippen LogP contribution in [0, 0.1) is 0 Å². The molecule has 1 aromatic carbocycles. The standard InChI is InChI=1S/C16H18N4O/c1-2-3-4-9-14-19-16(21)12-7-5-6-8-13(12)20(14)15-10-17-11-18-15/h5-8,10-11H,2-4,9H2,1H3,(H,17,18). The molecule has 0 amide bonds. The molecule has 0 aliphatic heterocycles. The minimum atomic E-state index is -0.159. The largest absolute Gasteiger partial charge is 0.331 e. The van der Waals surface area contributed by atoms with Crippen LogP contribution in [0.25, 0.3) is 16.7 Å². The van der Waals surface area contributed by atoms with Crippen LogP contribution in [0.2, 0.25) is 0 Å². The molecule has 0 atom stereocenters. The Morgan fingerprint density at radius 1 is 1.24 bits per heavy atom. The summed E-state index contributed by atoms with van der Waals surface area (Å²) in [5, 5.41) is 0.631. The fraction of sp³-hybridized carbons (Fsp3) is 0.312. The zero-order valence-electron chi connectivity index (χ0n) is 12.0. The third-order valence-corrected chi connectivity index (χ3v) is 3.59. The molecular weight excluding hydrogens is 264 g/mol. The van der Waals surface area contributed by atoms with Gasteiger partial charge in [-0.1, -0.05) is 31.9 Å². The predicted molar refractivity (Wildman–Crippen MR) is 82.7 cm³/mol. The summed E-state index contributed by atoms with van der Waals surface area (Å²) in [5.74, 6) is 1.63. The van der Waals surface area contributed by atoms with E-state index >= 15 is 0 Å². The molecule has 0 spiro atoms. The number of aromatic amines is 1. The van der Waals surface area contributed by atoms with E-state index in [1.165, 1.54) is 0 Å². The van der Waals surface area contributed by atoms with Crippen molar-refractivity contribution in [2.24, 2.45) is 0 Å². The van der Waals surface area contributed by atoms with Gasteiger partial charge in [0.1, 0.15) is 11.6 Å². The molecule has 0 bridgehead atoms. The molecule has 0 unspecified atom stereocenters. The minimum Gasteiger partial charge on any atom is -0.331 e. The SMILES string of the molecule is CCCCCc1nc(=O)c2ccccc2n1-c1cnc[nH]1. The summed E-state index contributed by atoms with van der Waals surface area (Å²) in [6.45, 7) is 2.16. The number of unbranched alkanes of at least 4 members (excludes halogenated alkanes) is 2. The Bertz CT molecular complexity index is 790. The van der Waals surface area contributed by atoms with Crippen molar-refractivity contribution in [2.45, 2.75) is 32.6 Å². The lowest BCUT2D eigenvalue weighted by Gasteiger charge is -2.13. The van der Waals surface area contributed by atoms with Crippen molar-refractivity contribution in [1.29, 1.82) is 0 Å². The molecule has 3 aromatic rings. The van der Waals surface area contributed by atoms with Crippen molar-refractivity contribution in [3.8, 4) is 5.82 Å². The second kappa shape index (κ2) is 5.91. The Kier molecular flexibility index (Phi) is 3.81. The van der Waals surface area contributed by atoms with Gasteiger partial charge in [-0.25, -0.2) is 4.98 Å². The number of fused-ring (bicyclic) bond motifs is 1. The zero-order chi connectivity index (χ0) is 14.7. The van der Waals surface area contributed by atoms with E-state index in [1.54, 1.807) is 12.5 Å². The van der Waals surface area contributed by atoms with Gasteiger partial charge in [0.05, 0.1) is 23.4 Å². The van der Waals surface area contributed by atoms with E-state index in [4.69, 9.17) is 0 Å². The highest BCUT2D eigenvalue weighted by Crippen LogP contribution is 2.17. The van der Waals surface area contributed by atoms with Crippen molar-refractivity contribution in [3.63, 3.8) is 0 Å². The second-order valence-electron chi connectivity index (χ2n) is 5.08. The summed E-state index contributed by atoms with van der Waals surface area (Å²) in [6.07, 6.45) is 7.47. The Labute approximate surface area is 122 Å². The highest BCUT2D eigenvalue weighted by Gasteiger charge is 2.12. The molecule has 2 aromatic heterocycles. The Hall–Kier alpha value is -2.43. The average molecular weight is 282 g/mol. The number of para-hydroxylation sites is 1. The maximum atomic E-state index is 12.2. The monoisotopic (exact) mass is 282 g/mol. The van der Waals surface area contributed by atoms with Crippen LogP contribution >= 0.6 is 0 Å². The van der Waals surface area contributed by atoms with Gasteiger partial charge in [0.25, 0.3) is 5.56 Å². The third kappa shape index (κ3) is 2.59. The molecule has 0 saturated heterocycles. The molecule has 5 nitrogen and oxygen atoms in total. The van der Waals surface area contributed by atoms with E-state index in [-0.39, 0.29) is 5.56 Å². The number of hydrogen-bond acceptors (Lipinski definition) is 3. The highest BCUT2D eigenvalue weighted by molar-refractivity contribution is 5.79. The lowest BCUT2D eigenvalue weighted by atomic mass is 10.1. The molecule has 2 heterocycles. The first-order valence-corrected chi connectivity index (χ1v) is 7.30. The van der Waals surface area contributed by atoms with E-state index in [1.807, 2.05) is 28.8 Å². The van der Waals surface area contributed by atoms with Crippen molar-refractivity contribution in [3.05, 3.63) is 53.0 Å². The first-order chi connectivity index (χ1) is 10.3. The van der Waals surface area contributed by atoms with Crippen LogP contribution in [-0.4, -0.2) is 19.5 Å². The van der Waals surface area contributed by atoms with Gasteiger partial charge < -0.3 is 4.98 Å². The van der Waals surface area contributed by atoms with E-state index in [2.05, 4.69) is 21.9 Å².